The molecule has 8 atom stereocenters. The van der Waals surface area contributed by atoms with Crippen molar-refractivity contribution < 1.29 is 52.1 Å². The number of hydrogen-bond donors (Lipinski definition) is 0. The third-order valence-electron chi connectivity index (χ3n) is 9.51. The lowest BCUT2D eigenvalue weighted by Crippen LogP contribution is -2.59. The van der Waals surface area contributed by atoms with Crippen LogP contribution in [0.1, 0.15) is 66.8 Å². The van der Waals surface area contributed by atoms with Crippen molar-refractivity contribution >= 4 is 0 Å². The molecule has 0 amide bonds. The van der Waals surface area contributed by atoms with Gasteiger partial charge in [-0.3, -0.25) is 0 Å². The van der Waals surface area contributed by atoms with Crippen molar-refractivity contribution in [2.75, 3.05) is 26.4 Å². The Hall–Kier alpha value is -2.16. The molecule has 8 heterocycles. The van der Waals surface area contributed by atoms with Crippen LogP contribution in [0.15, 0.2) is 12.4 Å². The summed E-state index contributed by atoms with van der Waals surface area (Å²) in [5.41, 5.74) is 1.43. The molecular weight excluding hydrogens is 644 g/mol. The topological polar surface area (TPSA) is 163 Å². The number of hydrogen-bond acceptors (Lipinski definition) is 15. The van der Waals surface area contributed by atoms with E-state index in [9.17, 15) is 0 Å². The van der Waals surface area contributed by atoms with E-state index >= 15 is 0 Å². The van der Waals surface area contributed by atoms with Crippen LogP contribution in [0.4, 0.5) is 0 Å². The van der Waals surface area contributed by atoms with Gasteiger partial charge in [-0.15, -0.1) is 10.2 Å². The minimum Gasteiger partial charge on any atom is -0.378 e. The fraction of sp³-hybridized carbons (Fsp3) is 0.875. The average Bonchev–Trinajstić information content (AvgIpc) is 3.81. The first-order valence-corrected chi connectivity index (χ1v) is 17.1. The summed E-state index contributed by atoms with van der Waals surface area (Å²) in [6.07, 6.45) is 2.39. The maximum atomic E-state index is 6.36. The minimum absolute atomic E-state index is 0.234. The second-order valence-corrected chi connectivity index (χ2v) is 15.5. The van der Waals surface area contributed by atoms with Crippen LogP contribution in [-0.4, -0.2) is 128 Å². The third-order valence-corrected chi connectivity index (χ3v) is 9.51. The van der Waals surface area contributed by atoms with E-state index < -0.39 is 46.9 Å². The number of ether oxygens (including phenoxy) is 11. The van der Waals surface area contributed by atoms with Crippen molar-refractivity contribution in [3.05, 3.63) is 23.8 Å². The molecule has 49 heavy (non-hydrogen) atoms. The molecule has 0 unspecified atom stereocenters. The highest BCUT2D eigenvalue weighted by molar-refractivity contribution is 5.10. The molecule has 0 aromatic carbocycles. The third kappa shape index (κ3) is 6.57. The minimum atomic E-state index is -1.06. The summed E-state index contributed by atoms with van der Waals surface area (Å²) in [5.74, 6) is -5.27. The average molecular weight is 693 g/mol. The fourth-order valence-corrected chi connectivity index (χ4v) is 7.95. The van der Waals surface area contributed by atoms with Crippen LogP contribution in [0.25, 0.3) is 0 Å². The summed E-state index contributed by atoms with van der Waals surface area (Å²) in [4.78, 5) is 0. The second-order valence-electron chi connectivity index (χ2n) is 15.5. The second kappa shape index (κ2) is 11.7. The van der Waals surface area contributed by atoms with Gasteiger partial charge in [0.2, 0.25) is 11.6 Å². The lowest BCUT2D eigenvalue weighted by Gasteiger charge is -2.40. The van der Waals surface area contributed by atoms with Gasteiger partial charge in [-0.25, -0.2) is 9.36 Å². The van der Waals surface area contributed by atoms with Gasteiger partial charge in [-0.2, -0.15) is 0 Å². The lowest BCUT2D eigenvalue weighted by molar-refractivity contribution is -0.280. The van der Waals surface area contributed by atoms with E-state index in [1.807, 2.05) is 67.8 Å². The number of rotatable bonds is 10. The molecule has 6 aliphatic rings. The molecule has 6 aliphatic heterocycles. The van der Waals surface area contributed by atoms with Gasteiger partial charge in [0.15, 0.2) is 23.1 Å². The van der Waals surface area contributed by atoms with Gasteiger partial charge in [0.05, 0.1) is 63.7 Å². The molecule has 8 rings (SSSR count). The Bertz CT molecular complexity index is 1420. The Balaban J connectivity index is 0.823. The van der Waals surface area contributed by atoms with Crippen molar-refractivity contribution in [1.82, 2.24) is 30.0 Å². The summed E-state index contributed by atoms with van der Waals surface area (Å²) < 4.78 is 71.8. The van der Waals surface area contributed by atoms with E-state index in [0.717, 1.165) is 0 Å². The number of aromatic nitrogens is 6. The van der Waals surface area contributed by atoms with Crippen LogP contribution in [0.5, 0.6) is 0 Å². The monoisotopic (exact) mass is 692 g/mol. The van der Waals surface area contributed by atoms with Crippen molar-refractivity contribution in [1.29, 1.82) is 0 Å². The molecule has 0 N–H and O–H groups in total. The van der Waals surface area contributed by atoms with Crippen molar-refractivity contribution in [3.8, 4) is 0 Å². The van der Waals surface area contributed by atoms with Crippen LogP contribution >= 0.6 is 0 Å². The van der Waals surface area contributed by atoms with Crippen LogP contribution < -0.4 is 0 Å². The molecule has 0 radical (unpaired) electrons. The zero-order chi connectivity index (χ0) is 34.5. The van der Waals surface area contributed by atoms with E-state index in [1.54, 1.807) is 9.36 Å². The standard InChI is InChI=1S/C32H48N6O11/c1-27(2)42-21-17-40-31(25(23(21)44-27)46-29(5,6)48-31)13-19-15-37(35-33-19)9-11-39-12-10-38-16-20(34-36-38)14-32-26(47-30(7,8)49-32)24-22(18-41-32)43-28(3,4)45-24/h15-16,21-26H,9-14,17-18H2,1-8H3/t21-,22-,23-,24-,25-,26-,31-,32-/m0/s1. The zero-order valence-corrected chi connectivity index (χ0v) is 29.4. The molecule has 17 heteroatoms. The molecule has 272 valence electrons. The van der Waals surface area contributed by atoms with Crippen molar-refractivity contribution in [2.45, 2.75) is 153 Å². The van der Waals surface area contributed by atoms with Gasteiger partial charge >= 0.3 is 0 Å². The highest BCUT2D eigenvalue weighted by atomic mass is 16.9. The molecule has 2 aromatic heterocycles. The van der Waals surface area contributed by atoms with Crippen molar-refractivity contribution in [3.63, 3.8) is 0 Å². The SMILES string of the molecule is CC1(C)O[C@H]2[C@H](CO[C@@]3(Cc4cn(CCOCCn5cc(C[C@@]67OC[C@@H]8OC(C)(C)O[C@@H]8[C@@H]6OC(C)(C)O7)nn5)nn4)OC(C)(C)O[C@@H]23)O1. The van der Waals surface area contributed by atoms with Gasteiger partial charge in [0.25, 0.3) is 0 Å². The molecular formula is C32H48N6O11. The molecule has 0 saturated carbocycles. The number of fused-ring (bicyclic) bond motifs is 6. The zero-order valence-electron chi connectivity index (χ0n) is 29.4. The summed E-state index contributed by atoms with van der Waals surface area (Å²) in [6.45, 7) is 17.6. The molecule has 0 aliphatic carbocycles. The largest absolute Gasteiger partial charge is 0.378 e. The predicted octanol–water partition coefficient (Wildman–Crippen LogP) is 1.47. The van der Waals surface area contributed by atoms with Gasteiger partial charge in [0, 0.05) is 12.4 Å². The molecule has 0 bridgehead atoms. The smallest absolute Gasteiger partial charge is 0.206 e. The summed E-state index contributed by atoms with van der Waals surface area (Å²) in [7, 11) is 0. The molecule has 6 fully saturated rings. The van der Waals surface area contributed by atoms with Crippen LogP contribution in [-0.2, 0) is 78.0 Å². The number of nitrogens with zero attached hydrogens (tertiary/aromatic N) is 6. The first-order valence-electron chi connectivity index (χ1n) is 17.1. The molecule has 2 aromatic rings. The van der Waals surface area contributed by atoms with Gasteiger partial charge in [-0.1, -0.05) is 10.4 Å². The summed E-state index contributed by atoms with van der Waals surface area (Å²) >= 11 is 0. The van der Waals surface area contributed by atoms with E-state index in [4.69, 9.17) is 52.1 Å². The first kappa shape index (κ1) is 34.0. The van der Waals surface area contributed by atoms with Gasteiger partial charge in [0.1, 0.15) is 36.6 Å². The Morgan fingerprint density at radius 2 is 1.04 bits per heavy atom. The van der Waals surface area contributed by atoms with E-state index in [0.29, 0.717) is 63.7 Å². The van der Waals surface area contributed by atoms with Gasteiger partial charge < -0.3 is 52.1 Å². The maximum Gasteiger partial charge on any atom is 0.206 e. The Morgan fingerprint density at radius 1 is 0.612 bits per heavy atom. The first-order chi connectivity index (χ1) is 23.0. The highest BCUT2D eigenvalue weighted by Gasteiger charge is 2.66. The molecule has 17 nitrogen and oxygen atoms in total. The Kier molecular flexibility index (Phi) is 8.09. The lowest BCUT2D eigenvalue weighted by atomic mass is 9.93. The summed E-state index contributed by atoms with van der Waals surface area (Å²) in [6, 6.07) is 0. The van der Waals surface area contributed by atoms with E-state index in [-0.39, 0.29) is 24.4 Å². The van der Waals surface area contributed by atoms with Crippen LogP contribution in [0, 0.1) is 0 Å². The van der Waals surface area contributed by atoms with Crippen LogP contribution in [0.3, 0.4) is 0 Å². The predicted molar refractivity (Wildman–Crippen MR) is 163 cm³/mol. The highest BCUT2D eigenvalue weighted by Crippen LogP contribution is 2.50. The molecule has 6 saturated heterocycles. The fourth-order valence-electron chi connectivity index (χ4n) is 7.95. The Morgan fingerprint density at radius 3 is 1.47 bits per heavy atom. The maximum absolute atomic E-state index is 6.36. The van der Waals surface area contributed by atoms with E-state index in [2.05, 4.69) is 20.6 Å². The van der Waals surface area contributed by atoms with Gasteiger partial charge in [-0.05, 0) is 55.4 Å². The van der Waals surface area contributed by atoms with Crippen molar-refractivity contribution in [2.24, 2.45) is 0 Å². The quantitative estimate of drug-likeness (QED) is 0.329. The summed E-state index contributed by atoms with van der Waals surface area (Å²) in [5, 5.41) is 17.4. The Labute approximate surface area is 285 Å². The normalized spacial score (nSPS) is 39.4. The van der Waals surface area contributed by atoms with E-state index in [1.165, 1.54) is 0 Å². The molecule has 0 spiro atoms. The van der Waals surface area contributed by atoms with Crippen LogP contribution in [0.2, 0.25) is 0 Å².